The zero-order chi connectivity index (χ0) is 23.8. The van der Waals surface area contributed by atoms with E-state index < -0.39 is 0 Å². The summed E-state index contributed by atoms with van der Waals surface area (Å²) in [4.78, 5) is 10.3. The van der Waals surface area contributed by atoms with Crippen molar-refractivity contribution in [3.8, 4) is 5.75 Å². The van der Waals surface area contributed by atoms with Crippen LogP contribution in [0.3, 0.4) is 0 Å². The summed E-state index contributed by atoms with van der Waals surface area (Å²) >= 11 is 0. The smallest absolute Gasteiger partial charge is 0.126 e. The molecule has 0 N–H and O–H groups in total. The summed E-state index contributed by atoms with van der Waals surface area (Å²) in [6.07, 6.45) is 24.9. The van der Waals surface area contributed by atoms with E-state index >= 15 is 0 Å². The molecule has 1 rings (SSSR count). The number of allylic oxidation sites excluding steroid dienone is 1. The number of aldehydes is 1. The normalized spacial score (nSPS) is 11.3. The van der Waals surface area contributed by atoms with Crippen molar-refractivity contribution in [1.29, 1.82) is 0 Å². The Morgan fingerprint density at radius 1 is 0.758 bits per heavy atom. The summed E-state index contributed by atoms with van der Waals surface area (Å²) in [5, 5.41) is 0. The van der Waals surface area contributed by atoms with Crippen molar-refractivity contribution in [1.82, 2.24) is 0 Å². The standard InChI is InChI=1S/C30H50O3/c1-3-5-6-7-10-13-16-20-28-21-22-30(29(27-28)19-4-2)33-26-25-32-24-18-15-12-9-8-11-14-17-23-31/h4,19,21-23,27H,3,5-18,20,24-26H2,1-2H3. The number of carbonyl (C=O) groups excluding carboxylic acids is 1. The first-order valence-electron chi connectivity index (χ1n) is 13.7. The Hall–Kier alpha value is -1.61. The zero-order valence-corrected chi connectivity index (χ0v) is 21.6. The van der Waals surface area contributed by atoms with E-state index in [0.717, 1.165) is 44.3 Å². The summed E-state index contributed by atoms with van der Waals surface area (Å²) in [7, 11) is 0. The number of hydrogen-bond donors (Lipinski definition) is 0. The number of carbonyl (C=O) groups is 1. The lowest BCUT2D eigenvalue weighted by molar-refractivity contribution is -0.107. The van der Waals surface area contributed by atoms with E-state index in [-0.39, 0.29) is 0 Å². The van der Waals surface area contributed by atoms with Gasteiger partial charge < -0.3 is 14.3 Å². The average Bonchev–Trinajstić information content (AvgIpc) is 2.82. The average molecular weight is 459 g/mol. The molecule has 0 amide bonds. The van der Waals surface area contributed by atoms with E-state index in [1.165, 1.54) is 88.2 Å². The molecule has 0 atom stereocenters. The fourth-order valence-corrected chi connectivity index (χ4v) is 4.11. The molecule has 0 aromatic heterocycles. The Morgan fingerprint density at radius 3 is 2.12 bits per heavy atom. The highest BCUT2D eigenvalue weighted by Crippen LogP contribution is 2.23. The first kappa shape index (κ1) is 29.4. The summed E-state index contributed by atoms with van der Waals surface area (Å²) in [5.74, 6) is 0.953. The predicted molar refractivity (Wildman–Crippen MR) is 142 cm³/mol. The van der Waals surface area contributed by atoms with Crippen LogP contribution in [0, 0.1) is 0 Å². The highest BCUT2D eigenvalue weighted by atomic mass is 16.5. The van der Waals surface area contributed by atoms with Crippen LogP contribution in [0.2, 0.25) is 0 Å². The lowest BCUT2D eigenvalue weighted by Crippen LogP contribution is -2.08. The molecule has 3 nitrogen and oxygen atoms in total. The summed E-state index contributed by atoms with van der Waals surface area (Å²) in [6, 6.07) is 6.63. The Kier molecular flexibility index (Phi) is 19.8. The molecule has 0 heterocycles. The van der Waals surface area contributed by atoms with Gasteiger partial charge >= 0.3 is 0 Å². The van der Waals surface area contributed by atoms with Gasteiger partial charge in [-0.05, 0) is 50.3 Å². The second-order valence-corrected chi connectivity index (χ2v) is 9.13. The van der Waals surface area contributed by atoms with Crippen molar-refractivity contribution < 1.29 is 14.3 Å². The van der Waals surface area contributed by atoms with Gasteiger partial charge in [-0.1, -0.05) is 95.8 Å². The molecule has 1 aromatic rings. The van der Waals surface area contributed by atoms with Crippen LogP contribution in [0.25, 0.3) is 6.08 Å². The fourth-order valence-electron chi connectivity index (χ4n) is 4.11. The molecule has 0 aliphatic heterocycles. The SMILES string of the molecule is CC=Cc1cc(CCCCCCCCC)ccc1OCCOCCCCCCCCCC=O. The highest BCUT2D eigenvalue weighted by molar-refractivity contribution is 5.58. The van der Waals surface area contributed by atoms with Crippen LogP contribution in [0.4, 0.5) is 0 Å². The zero-order valence-electron chi connectivity index (χ0n) is 21.6. The maximum atomic E-state index is 10.3. The Bertz CT molecular complexity index is 609. The van der Waals surface area contributed by atoms with Crippen LogP contribution in [0.5, 0.6) is 5.75 Å². The molecule has 0 saturated heterocycles. The Labute approximate surface area is 204 Å². The van der Waals surface area contributed by atoms with Crippen LogP contribution < -0.4 is 4.74 Å². The van der Waals surface area contributed by atoms with Crippen molar-refractivity contribution in [3.05, 3.63) is 35.4 Å². The van der Waals surface area contributed by atoms with Gasteiger partial charge in [0.15, 0.2) is 0 Å². The van der Waals surface area contributed by atoms with Crippen molar-refractivity contribution in [2.24, 2.45) is 0 Å². The molecule has 0 unspecified atom stereocenters. The third kappa shape index (κ3) is 16.6. The van der Waals surface area contributed by atoms with E-state index in [1.54, 1.807) is 0 Å². The molecule has 1 aromatic carbocycles. The second kappa shape index (κ2) is 22.2. The molecule has 0 saturated carbocycles. The van der Waals surface area contributed by atoms with Crippen molar-refractivity contribution in [3.63, 3.8) is 0 Å². The van der Waals surface area contributed by atoms with E-state index in [0.29, 0.717) is 13.2 Å². The molecule has 188 valence electrons. The molecule has 0 aliphatic carbocycles. The van der Waals surface area contributed by atoms with E-state index in [9.17, 15) is 4.79 Å². The fraction of sp³-hybridized carbons (Fsp3) is 0.700. The number of hydrogen-bond acceptors (Lipinski definition) is 3. The second-order valence-electron chi connectivity index (χ2n) is 9.13. The molecule has 3 heteroatoms. The number of unbranched alkanes of at least 4 members (excludes halogenated alkanes) is 13. The Balaban J connectivity index is 2.15. The predicted octanol–water partition coefficient (Wildman–Crippen LogP) is 8.73. The van der Waals surface area contributed by atoms with Crippen LogP contribution in [0.15, 0.2) is 24.3 Å². The number of aryl methyl sites for hydroxylation is 1. The maximum absolute atomic E-state index is 10.3. The molecule has 0 fully saturated rings. The van der Waals surface area contributed by atoms with Gasteiger partial charge in [-0.3, -0.25) is 0 Å². The monoisotopic (exact) mass is 458 g/mol. The topological polar surface area (TPSA) is 35.5 Å². The number of rotatable bonds is 23. The van der Waals surface area contributed by atoms with Gasteiger partial charge in [0.2, 0.25) is 0 Å². The van der Waals surface area contributed by atoms with Crippen LogP contribution in [-0.4, -0.2) is 26.1 Å². The highest BCUT2D eigenvalue weighted by Gasteiger charge is 2.04. The van der Waals surface area contributed by atoms with E-state index in [2.05, 4.69) is 44.2 Å². The first-order valence-corrected chi connectivity index (χ1v) is 13.7. The van der Waals surface area contributed by atoms with Gasteiger partial charge in [0.05, 0.1) is 6.61 Å². The third-order valence-corrected chi connectivity index (χ3v) is 6.09. The van der Waals surface area contributed by atoms with Crippen molar-refractivity contribution in [2.75, 3.05) is 19.8 Å². The van der Waals surface area contributed by atoms with Gasteiger partial charge in [-0.15, -0.1) is 0 Å². The lowest BCUT2D eigenvalue weighted by Gasteiger charge is -2.12. The molecule has 0 spiro atoms. The quantitative estimate of drug-likeness (QED) is 0.121. The summed E-state index contributed by atoms with van der Waals surface area (Å²) in [6.45, 7) is 6.38. The van der Waals surface area contributed by atoms with Gasteiger partial charge in [0.1, 0.15) is 18.6 Å². The minimum absolute atomic E-state index is 0.596. The Morgan fingerprint density at radius 2 is 1.42 bits per heavy atom. The van der Waals surface area contributed by atoms with E-state index in [4.69, 9.17) is 9.47 Å². The maximum Gasteiger partial charge on any atom is 0.126 e. The molecular weight excluding hydrogens is 408 g/mol. The van der Waals surface area contributed by atoms with Gasteiger partial charge in [0.25, 0.3) is 0 Å². The van der Waals surface area contributed by atoms with Gasteiger partial charge in [-0.25, -0.2) is 0 Å². The summed E-state index contributed by atoms with van der Waals surface area (Å²) < 4.78 is 11.8. The summed E-state index contributed by atoms with van der Waals surface area (Å²) in [5.41, 5.74) is 2.58. The third-order valence-electron chi connectivity index (χ3n) is 6.09. The van der Waals surface area contributed by atoms with Crippen molar-refractivity contribution >= 4 is 12.4 Å². The van der Waals surface area contributed by atoms with Crippen LogP contribution in [-0.2, 0) is 16.0 Å². The largest absolute Gasteiger partial charge is 0.491 e. The molecule has 0 aliphatic rings. The first-order chi connectivity index (χ1) is 16.3. The molecule has 0 radical (unpaired) electrons. The minimum Gasteiger partial charge on any atom is -0.491 e. The minimum atomic E-state index is 0.596. The molecular formula is C30H50O3. The van der Waals surface area contributed by atoms with Crippen LogP contribution in [0.1, 0.15) is 121 Å². The van der Waals surface area contributed by atoms with E-state index in [1.807, 2.05) is 0 Å². The molecule has 0 bridgehead atoms. The lowest BCUT2D eigenvalue weighted by atomic mass is 10.0. The van der Waals surface area contributed by atoms with Crippen LogP contribution >= 0.6 is 0 Å². The van der Waals surface area contributed by atoms with Gasteiger partial charge in [-0.2, -0.15) is 0 Å². The van der Waals surface area contributed by atoms with Crippen molar-refractivity contribution in [2.45, 2.75) is 117 Å². The molecule has 33 heavy (non-hydrogen) atoms. The number of ether oxygens (including phenoxy) is 2. The number of benzene rings is 1. The van der Waals surface area contributed by atoms with Gasteiger partial charge in [0, 0.05) is 18.6 Å².